The molecule has 2 aromatic rings. The summed E-state index contributed by atoms with van der Waals surface area (Å²) in [6.45, 7) is 1.09. The van der Waals surface area contributed by atoms with Crippen LogP contribution in [0.1, 0.15) is 23.2 Å². The van der Waals surface area contributed by atoms with Gasteiger partial charge in [0.25, 0.3) is 5.91 Å². The van der Waals surface area contributed by atoms with Crippen molar-refractivity contribution in [1.82, 2.24) is 14.9 Å². The molecule has 0 N–H and O–H groups in total. The maximum atomic E-state index is 13.7. The van der Waals surface area contributed by atoms with Gasteiger partial charge in [-0.1, -0.05) is 12.1 Å². The number of piperidine rings is 1. The maximum Gasteiger partial charge on any atom is 0.256 e. The number of hydrogen-bond donors (Lipinski definition) is 0. The highest BCUT2D eigenvalue weighted by atomic mass is 19.1. The second-order valence-electron chi connectivity index (χ2n) is 5.14. The topological polar surface area (TPSA) is 55.3 Å². The summed E-state index contributed by atoms with van der Waals surface area (Å²) in [6.07, 6.45) is 4.47. The molecule has 6 heteroatoms. The number of aromatic nitrogens is 2. The maximum absolute atomic E-state index is 13.7. The molecule has 1 aliphatic heterocycles. The molecule has 1 fully saturated rings. The first kappa shape index (κ1) is 14.4. The number of benzene rings is 1. The molecule has 1 aromatic heterocycles. The Morgan fingerprint density at radius 2 is 2.00 bits per heavy atom. The molecule has 3 rings (SSSR count). The number of carbonyl (C=O) groups is 1. The van der Waals surface area contributed by atoms with E-state index in [-0.39, 0.29) is 17.6 Å². The molecule has 0 radical (unpaired) electrons. The molecular formula is C16H16FN3O2. The van der Waals surface area contributed by atoms with E-state index in [1.54, 1.807) is 29.3 Å². The van der Waals surface area contributed by atoms with Gasteiger partial charge in [0.15, 0.2) is 0 Å². The van der Waals surface area contributed by atoms with E-state index in [0.717, 1.165) is 0 Å². The summed E-state index contributed by atoms with van der Waals surface area (Å²) in [5.41, 5.74) is 0.123. The van der Waals surface area contributed by atoms with Crippen LogP contribution in [0, 0.1) is 5.82 Å². The van der Waals surface area contributed by atoms with Gasteiger partial charge in [-0.05, 0) is 12.1 Å². The monoisotopic (exact) mass is 301 g/mol. The van der Waals surface area contributed by atoms with Gasteiger partial charge in [-0.3, -0.25) is 4.79 Å². The molecular weight excluding hydrogens is 285 g/mol. The first-order valence-electron chi connectivity index (χ1n) is 7.20. The molecule has 5 nitrogen and oxygen atoms in total. The van der Waals surface area contributed by atoms with Crippen molar-refractivity contribution in [3.63, 3.8) is 0 Å². The van der Waals surface area contributed by atoms with E-state index in [4.69, 9.17) is 4.74 Å². The third-order valence-electron chi connectivity index (χ3n) is 3.68. The minimum absolute atomic E-state index is 0.0135. The van der Waals surface area contributed by atoms with Crippen molar-refractivity contribution in [2.75, 3.05) is 13.1 Å². The highest BCUT2D eigenvalue weighted by molar-refractivity contribution is 5.94. The number of amides is 1. The Bertz CT molecular complexity index is 643. The lowest BCUT2D eigenvalue weighted by Crippen LogP contribution is -2.42. The van der Waals surface area contributed by atoms with Crippen LogP contribution in [0.25, 0.3) is 0 Å². The first-order chi connectivity index (χ1) is 10.7. The van der Waals surface area contributed by atoms with Crippen LogP contribution < -0.4 is 4.74 Å². The summed E-state index contributed by atoms with van der Waals surface area (Å²) in [4.78, 5) is 21.8. The van der Waals surface area contributed by atoms with E-state index in [2.05, 4.69) is 9.97 Å². The summed E-state index contributed by atoms with van der Waals surface area (Å²) >= 11 is 0. The molecule has 22 heavy (non-hydrogen) atoms. The average molecular weight is 301 g/mol. The number of nitrogens with zero attached hydrogens (tertiary/aromatic N) is 3. The third-order valence-corrected chi connectivity index (χ3v) is 3.68. The number of ether oxygens (including phenoxy) is 1. The number of rotatable bonds is 3. The third kappa shape index (κ3) is 3.21. The molecule has 0 aliphatic carbocycles. The molecule has 0 spiro atoms. The molecule has 114 valence electrons. The largest absolute Gasteiger partial charge is 0.474 e. The number of halogens is 1. The van der Waals surface area contributed by atoms with Gasteiger partial charge >= 0.3 is 0 Å². The van der Waals surface area contributed by atoms with E-state index < -0.39 is 5.82 Å². The van der Waals surface area contributed by atoms with Crippen LogP contribution in [-0.2, 0) is 0 Å². The predicted octanol–water partition coefficient (Wildman–Crippen LogP) is 2.30. The molecule has 1 saturated heterocycles. The lowest BCUT2D eigenvalue weighted by molar-refractivity contribution is 0.0583. The summed E-state index contributed by atoms with van der Waals surface area (Å²) < 4.78 is 19.4. The van der Waals surface area contributed by atoms with Crippen molar-refractivity contribution in [3.8, 4) is 5.88 Å². The van der Waals surface area contributed by atoms with Gasteiger partial charge in [0, 0.05) is 38.2 Å². The van der Waals surface area contributed by atoms with Crippen molar-refractivity contribution in [2.24, 2.45) is 0 Å². The summed E-state index contributed by atoms with van der Waals surface area (Å²) in [5.74, 6) is -0.209. The molecule has 0 unspecified atom stereocenters. The molecule has 1 aromatic carbocycles. The Hall–Kier alpha value is -2.50. The van der Waals surface area contributed by atoms with Crippen molar-refractivity contribution >= 4 is 5.91 Å². The van der Waals surface area contributed by atoms with Crippen LogP contribution in [0.3, 0.4) is 0 Å². The molecule has 2 heterocycles. The zero-order valence-corrected chi connectivity index (χ0v) is 12.0. The molecule has 0 bridgehead atoms. The fourth-order valence-electron chi connectivity index (χ4n) is 2.50. The van der Waals surface area contributed by atoms with Gasteiger partial charge in [0.2, 0.25) is 5.88 Å². The Kier molecular flexibility index (Phi) is 4.27. The van der Waals surface area contributed by atoms with Crippen LogP contribution in [0.4, 0.5) is 4.39 Å². The smallest absolute Gasteiger partial charge is 0.256 e. The average Bonchev–Trinajstić information content (AvgIpc) is 2.56. The fraction of sp³-hybridized carbons (Fsp3) is 0.312. The number of carbonyl (C=O) groups excluding carboxylic acids is 1. The minimum Gasteiger partial charge on any atom is -0.474 e. The van der Waals surface area contributed by atoms with Crippen LogP contribution in [-0.4, -0.2) is 40.0 Å². The van der Waals surface area contributed by atoms with Crippen molar-refractivity contribution in [1.29, 1.82) is 0 Å². The van der Waals surface area contributed by atoms with Gasteiger partial charge in [0.05, 0.1) is 5.56 Å². The predicted molar refractivity (Wildman–Crippen MR) is 78.0 cm³/mol. The van der Waals surface area contributed by atoms with Crippen LogP contribution >= 0.6 is 0 Å². The zero-order chi connectivity index (χ0) is 15.4. The summed E-state index contributed by atoms with van der Waals surface area (Å²) in [5, 5.41) is 0. The van der Waals surface area contributed by atoms with E-state index in [9.17, 15) is 9.18 Å². The number of likely N-dealkylation sites (tertiary alicyclic amines) is 1. The Balaban J connectivity index is 1.58. The van der Waals surface area contributed by atoms with Gasteiger partial charge in [-0.2, -0.15) is 0 Å². The van der Waals surface area contributed by atoms with Crippen LogP contribution in [0.5, 0.6) is 5.88 Å². The zero-order valence-electron chi connectivity index (χ0n) is 12.0. The van der Waals surface area contributed by atoms with E-state index in [0.29, 0.717) is 31.8 Å². The summed E-state index contributed by atoms with van der Waals surface area (Å²) in [6, 6.07) is 7.77. The first-order valence-corrected chi connectivity index (χ1v) is 7.20. The lowest BCUT2D eigenvalue weighted by Gasteiger charge is -2.32. The van der Waals surface area contributed by atoms with Crippen LogP contribution in [0.2, 0.25) is 0 Å². The second kappa shape index (κ2) is 6.51. The fourth-order valence-corrected chi connectivity index (χ4v) is 2.50. The van der Waals surface area contributed by atoms with E-state index in [1.165, 1.54) is 18.5 Å². The van der Waals surface area contributed by atoms with Gasteiger partial charge < -0.3 is 9.64 Å². The van der Waals surface area contributed by atoms with Crippen molar-refractivity contribution in [2.45, 2.75) is 18.9 Å². The summed E-state index contributed by atoms with van der Waals surface area (Å²) in [7, 11) is 0. The lowest BCUT2D eigenvalue weighted by atomic mass is 10.1. The minimum atomic E-state index is -0.480. The quantitative estimate of drug-likeness (QED) is 0.873. The second-order valence-corrected chi connectivity index (χ2v) is 5.14. The standard InChI is InChI=1S/C16H16FN3O2/c17-14-4-2-1-3-13(14)16(21)20-9-6-12(7-10-20)22-15-5-8-18-11-19-15/h1-5,8,11-12H,6-7,9-10H2. The molecule has 0 saturated carbocycles. The van der Waals surface area contributed by atoms with Gasteiger partial charge in [0.1, 0.15) is 18.2 Å². The Morgan fingerprint density at radius 1 is 1.23 bits per heavy atom. The van der Waals surface area contributed by atoms with E-state index in [1.807, 2.05) is 0 Å². The normalized spacial score (nSPS) is 15.6. The molecule has 1 aliphatic rings. The van der Waals surface area contributed by atoms with Gasteiger partial charge in [-0.25, -0.2) is 14.4 Å². The Morgan fingerprint density at radius 3 is 2.68 bits per heavy atom. The highest BCUT2D eigenvalue weighted by Gasteiger charge is 2.26. The molecule has 1 amide bonds. The van der Waals surface area contributed by atoms with Gasteiger partial charge in [-0.15, -0.1) is 0 Å². The highest BCUT2D eigenvalue weighted by Crippen LogP contribution is 2.19. The number of hydrogen-bond acceptors (Lipinski definition) is 4. The van der Waals surface area contributed by atoms with Crippen LogP contribution in [0.15, 0.2) is 42.9 Å². The molecule has 0 atom stereocenters. The Labute approximate surface area is 127 Å². The van der Waals surface area contributed by atoms with E-state index >= 15 is 0 Å². The van der Waals surface area contributed by atoms with Crippen molar-refractivity contribution < 1.29 is 13.9 Å². The SMILES string of the molecule is O=C(c1ccccc1F)N1CCC(Oc2ccncn2)CC1. The van der Waals surface area contributed by atoms with Crippen molar-refractivity contribution in [3.05, 3.63) is 54.2 Å².